The number of rotatable bonds is 5. The second-order valence-corrected chi connectivity index (χ2v) is 5.33. The van der Waals surface area contributed by atoms with Crippen LogP contribution in [0.1, 0.15) is 57.8 Å². The lowest BCUT2D eigenvalue weighted by atomic mass is 9.86. The summed E-state index contributed by atoms with van der Waals surface area (Å²) in [7, 11) is 0. The first-order chi connectivity index (χ1) is 7.84. The molecular weight excluding hydrogens is 198 g/mol. The third-order valence-corrected chi connectivity index (χ3v) is 3.71. The lowest BCUT2D eigenvalue weighted by molar-refractivity contribution is 0.334. The van der Waals surface area contributed by atoms with Crippen LogP contribution in [0.2, 0.25) is 0 Å². The fourth-order valence-corrected chi connectivity index (χ4v) is 2.54. The number of hydrogen-bond acceptors (Lipinski definition) is 1. The van der Waals surface area contributed by atoms with Crippen molar-refractivity contribution >= 4 is 5.96 Å². The largest absolute Gasteiger partial charge is 0.370 e. The summed E-state index contributed by atoms with van der Waals surface area (Å²) in [6, 6.07) is 0.627. The molecule has 0 saturated heterocycles. The Labute approximate surface area is 98.9 Å². The summed E-state index contributed by atoms with van der Waals surface area (Å²) in [4.78, 5) is 4.37. The van der Waals surface area contributed by atoms with Crippen LogP contribution in [0.25, 0.3) is 0 Å². The van der Waals surface area contributed by atoms with E-state index in [1.807, 2.05) is 0 Å². The van der Waals surface area contributed by atoms with Crippen LogP contribution < -0.4 is 11.1 Å². The maximum atomic E-state index is 5.77. The molecule has 16 heavy (non-hydrogen) atoms. The second kappa shape index (κ2) is 6.12. The third kappa shape index (κ3) is 4.42. The summed E-state index contributed by atoms with van der Waals surface area (Å²) in [6.07, 6.45) is 12.3. The smallest absolute Gasteiger partial charge is 0.188 e. The molecule has 0 aromatic rings. The standard InChI is InChI=1S/C13H25N3/c14-13(16-12-8-9-12)15-10-4-7-11-5-2-1-3-6-11/h11-12H,1-10H2,(H3,14,15,16). The number of hydrogen-bond donors (Lipinski definition) is 2. The van der Waals surface area contributed by atoms with Crippen molar-refractivity contribution in [1.82, 2.24) is 5.32 Å². The number of guanidine groups is 1. The van der Waals surface area contributed by atoms with Crippen LogP contribution in [0.5, 0.6) is 0 Å². The van der Waals surface area contributed by atoms with E-state index in [4.69, 9.17) is 5.73 Å². The third-order valence-electron chi connectivity index (χ3n) is 3.71. The molecule has 0 amide bonds. The van der Waals surface area contributed by atoms with Crippen molar-refractivity contribution < 1.29 is 0 Å². The Morgan fingerprint density at radius 1 is 1.12 bits per heavy atom. The zero-order valence-corrected chi connectivity index (χ0v) is 10.3. The van der Waals surface area contributed by atoms with E-state index < -0.39 is 0 Å². The Morgan fingerprint density at radius 3 is 2.56 bits per heavy atom. The minimum absolute atomic E-state index is 0.627. The fraction of sp³-hybridized carbons (Fsp3) is 0.923. The molecule has 3 nitrogen and oxygen atoms in total. The van der Waals surface area contributed by atoms with Crippen molar-refractivity contribution in [3.05, 3.63) is 0 Å². The van der Waals surface area contributed by atoms with Crippen molar-refractivity contribution in [2.45, 2.75) is 63.8 Å². The maximum Gasteiger partial charge on any atom is 0.188 e. The molecule has 3 N–H and O–H groups in total. The Hall–Kier alpha value is -0.730. The Kier molecular flexibility index (Phi) is 4.49. The summed E-state index contributed by atoms with van der Waals surface area (Å²) in [5.41, 5.74) is 5.77. The first-order valence-electron chi connectivity index (χ1n) is 6.91. The quantitative estimate of drug-likeness (QED) is 0.427. The Bertz CT molecular complexity index is 227. The van der Waals surface area contributed by atoms with Crippen LogP contribution in [0.4, 0.5) is 0 Å². The van der Waals surface area contributed by atoms with Crippen LogP contribution in [0.3, 0.4) is 0 Å². The van der Waals surface area contributed by atoms with Gasteiger partial charge in [-0.1, -0.05) is 32.1 Å². The van der Waals surface area contributed by atoms with E-state index in [1.54, 1.807) is 0 Å². The zero-order chi connectivity index (χ0) is 11.2. The lowest BCUT2D eigenvalue weighted by Gasteiger charge is -2.20. The molecule has 0 bridgehead atoms. The average Bonchev–Trinajstić information content (AvgIpc) is 3.10. The van der Waals surface area contributed by atoms with Gasteiger partial charge in [-0.25, -0.2) is 0 Å². The molecule has 2 fully saturated rings. The molecule has 0 atom stereocenters. The summed E-state index contributed by atoms with van der Waals surface area (Å²) >= 11 is 0. The minimum atomic E-state index is 0.627. The van der Waals surface area contributed by atoms with Gasteiger partial charge in [-0.3, -0.25) is 4.99 Å². The molecule has 3 heteroatoms. The highest BCUT2D eigenvalue weighted by Crippen LogP contribution is 2.27. The summed E-state index contributed by atoms with van der Waals surface area (Å²) < 4.78 is 0. The normalized spacial score (nSPS) is 23.4. The highest BCUT2D eigenvalue weighted by molar-refractivity contribution is 5.78. The average molecular weight is 223 g/mol. The second-order valence-electron chi connectivity index (χ2n) is 5.33. The number of nitrogens with one attached hydrogen (secondary N) is 1. The van der Waals surface area contributed by atoms with Crippen molar-refractivity contribution in [1.29, 1.82) is 0 Å². The van der Waals surface area contributed by atoms with Crippen molar-refractivity contribution in [2.24, 2.45) is 16.6 Å². The van der Waals surface area contributed by atoms with Gasteiger partial charge >= 0.3 is 0 Å². The summed E-state index contributed by atoms with van der Waals surface area (Å²) in [6.45, 7) is 0.905. The van der Waals surface area contributed by atoms with E-state index >= 15 is 0 Å². The van der Waals surface area contributed by atoms with E-state index in [2.05, 4.69) is 10.3 Å². The van der Waals surface area contributed by atoms with Gasteiger partial charge in [-0.15, -0.1) is 0 Å². The van der Waals surface area contributed by atoms with Crippen LogP contribution in [0, 0.1) is 5.92 Å². The molecule has 2 rings (SSSR count). The summed E-state index contributed by atoms with van der Waals surface area (Å²) in [5.74, 6) is 1.63. The number of nitrogens with two attached hydrogens (primary N) is 1. The van der Waals surface area contributed by atoms with Crippen molar-refractivity contribution in [3.63, 3.8) is 0 Å². The van der Waals surface area contributed by atoms with Gasteiger partial charge in [-0.05, 0) is 31.6 Å². The molecular formula is C13H25N3. The van der Waals surface area contributed by atoms with E-state index in [1.165, 1.54) is 57.8 Å². The molecule has 92 valence electrons. The molecule has 0 aromatic carbocycles. The molecule has 0 aromatic heterocycles. The topological polar surface area (TPSA) is 50.4 Å². The maximum absolute atomic E-state index is 5.77. The minimum Gasteiger partial charge on any atom is -0.370 e. The molecule has 0 spiro atoms. The Morgan fingerprint density at radius 2 is 1.88 bits per heavy atom. The Balaban J connectivity index is 1.52. The van der Waals surface area contributed by atoms with Gasteiger partial charge in [0.2, 0.25) is 0 Å². The van der Waals surface area contributed by atoms with Gasteiger partial charge in [0, 0.05) is 12.6 Å². The molecule has 0 aliphatic heterocycles. The zero-order valence-electron chi connectivity index (χ0n) is 10.3. The van der Waals surface area contributed by atoms with Crippen LogP contribution in [-0.4, -0.2) is 18.5 Å². The first kappa shape index (κ1) is 11.7. The van der Waals surface area contributed by atoms with Crippen LogP contribution in [-0.2, 0) is 0 Å². The van der Waals surface area contributed by atoms with Gasteiger partial charge in [0.1, 0.15) is 0 Å². The molecule has 0 unspecified atom stereocenters. The molecule has 0 radical (unpaired) electrons. The predicted octanol–water partition coefficient (Wildman–Crippen LogP) is 2.41. The van der Waals surface area contributed by atoms with E-state index in [-0.39, 0.29) is 0 Å². The molecule has 2 saturated carbocycles. The van der Waals surface area contributed by atoms with Crippen molar-refractivity contribution in [3.8, 4) is 0 Å². The van der Waals surface area contributed by atoms with Gasteiger partial charge in [0.25, 0.3) is 0 Å². The molecule has 2 aliphatic rings. The molecule has 0 heterocycles. The van der Waals surface area contributed by atoms with E-state index in [0.29, 0.717) is 12.0 Å². The van der Waals surface area contributed by atoms with Gasteiger partial charge in [0.05, 0.1) is 0 Å². The SMILES string of the molecule is NC(=NCCCC1CCCCC1)NC1CC1. The van der Waals surface area contributed by atoms with Crippen LogP contribution >= 0.6 is 0 Å². The van der Waals surface area contributed by atoms with E-state index in [9.17, 15) is 0 Å². The van der Waals surface area contributed by atoms with Crippen LogP contribution in [0.15, 0.2) is 4.99 Å². The molecule has 2 aliphatic carbocycles. The van der Waals surface area contributed by atoms with Gasteiger partial charge < -0.3 is 11.1 Å². The van der Waals surface area contributed by atoms with Gasteiger partial charge in [-0.2, -0.15) is 0 Å². The van der Waals surface area contributed by atoms with E-state index in [0.717, 1.165) is 12.5 Å². The monoisotopic (exact) mass is 223 g/mol. The lowest BCUT2D eigenvalue weighted by Crippen LogP contribution is -2.33. The highest BCUT2D eigenvalue weighted by Gasteiger charge is 2.21. The highest BCUT2D eigenvalue weighted by atomic mass is 15.1. The van der Waals surface area contributed by atoms with Gasteiger partial charge in [0.15, 0.2) is 5.96 Å². The first-order valence-corrected chi connectivity index (χ1v) is 6.91. The fourth-order valence-electron chi connectivity index (χ4n) is 2.54. The number of nitrogens with zero attached hydrogens (tertiary/aromatic N) is 1. The predicted molar refractivity (Wildman–Crippen MR) is 68.5 cm³/mol. The summed E-state index contributed by atoms with van der Waals surface area (Å²) in [5, 5.41) is 3.22. The number of aliphatic imine (C=N–C) groups is 1. The van der Waals surface area contributed by atoms with Crippen molar-refractivity contribution in [2.75, 3.05) is 6.54 Å².